The van der Waals surface area contributed by atoms with Gasteiger partial charge < -0.3 is 10.4 Å². The molecule has 1 aromatic heterocycles. The van der Waals surface area contributed by atoms with E-state index in [0.717, 1.165) is 25.0 Å². The number of carbonyl (C=O) groups is 1. The summed E-state index contributed by atoms with van der Waals surface area (Å²) in [5.74, 6) is -0.138. The molecule has 0 atom stereocenters. The monoisotopic (exact) mass is 237 g/mol. The minimum Gasteiger partial charge on any atom is -0.394 e. The molecule has 0 bridgehead atoms. The average Bonchev–Trinajstić information content (AvgIpc) is 2.65. The molecule has 1 aromatic rings. The van der Waals surface area contributed by atoms with E-state index in [1.54, 1.807) is 10.7 Å². The fourth-order valence-electron chi connectivity index (χ4n) is 2.20. The maximum atomic E-state index is 12.1. The van der Waals surface area contributed by atoms with Crippen molar-refractivity contribution in [1.82, 2.24) is 15.1 Å². The molecule has 0 saturated heterocycles. The summed E-state index contributed by atoms with van der Waals surface area (Å²) in [6.45, 7) is 4.50. The fourth-order valence-corrected chi connectivity index (χ4v) is 2.20. The van der Waals surface area contributed by atoms with Crippen LogP contribution in [0.5, 0.6) is 0 Å². The van der Waals surface area contributed by atoms with Crippen molar-refractivity contribution in [3.63, 3.8) is 0 Å². The molecule has 1 aliphatic carbocycles. The molecule has 1 saturated carbocycles. The van der Waals surface area contributed by atoms with E-state index in [9.17, 15) is 9.90 Å². The molecule has 1 fully saturated rings. The third-order valence-corrected chi connectivity index (χ3v) is 3.43. The van der Waals surface area contributed by atoms with Crippen molar-refractivity contribution in [2.75, 3.05) is 6.61 Å². The molecule has 1 heterocycles. The molecule has 1 amide bonds. The normalized spacial score (nSPS) is 17.6. The first kappa shape index (κ1) is 12.1. The second-order valence-corrected chi connectivity index (χ2v) is 4.73. The molecule has 5 heteroatoms. The first-order valence-corrected chi connectivity index (χ1v) is 6.08. The van der Waals surface area contributed by atoms with Gasteiger partial charge in [0.15, 0.2) is 0 Å². The zero-order valence-corrected chi connectivity index (χ0v) is 10.4. The second-order valence-electron chi connectivity index (χ2n) is 4.73. The molecule has 0 unspecified atom stereocenters. The van der Waals surface area contributed by atoms with Gasteiger partial charge in [0.2, 0.25) is 0 Å². The minimum absolute atomic E-state index is 0.0119. The smallest absolute Gasteiger partial charge is 0.270 e. The SMILES string of the molecule is CCn1nc(C)cc1C(=O)NC1(CO)CCC1. The van der Waals surface area contributed by atoms with E-state index in [1.165, 1.54) is 0 Å². The number of aliphatic hydroxyl groups is 1. The van der Waals surface area contributed by atoms with Crippen LogP contribution in [-0.4, -0.2) is 32.9 Å². The van der Waals surface area contributed by atoms with Crippen LogP contribution in [0.2, 0.25) is 0 Å². The summed E-state index contributed by atoms with van der Waals surface area (Å²) < 4.78 is 1.69. The van der Waals surface area contributed by atoms with Crippen LogP contribution < -0.4 is 5.32 Å². The fraction of sp³-hybridized carbons (Fsp3) is 0.667. The van der Waals surface area contributed by atoms with Crippen molar-refractivity contribution >= 4 is 5.91 Å². The van der Waals surface area contributed by atoms with Gasteiger partial charge in [-0.2, -0.15) is 5.10 Å². The maximum absolute atomic E-state index is 12.1. The number of aryl methyl sites for hydroxylation is 2. The average molecular weight is 237 g/mol. The lowest BCUT2D eigenvalue weighted by molar-refractivity contribution is 0.0633. The summed E-state index contributed by atoms with van der Waals surface area (Å²) in [6, 6.07) is 1.78. The topological polar surface area (TPSA) is 67.2 Å². The molecular weight excluding hydrogens is 218 g/mol. The number of hydrogen-bond acceptors (Lipinski definition) is 3. The first-order valence-electron chi connectivity index (χ1n) is 6.08. The Morgan fingerprint density at radius 2 is 2.35 bits per heavy atom. The van der Waals surface area contributed by atoms with Gasteiger partial charge in [0, 0.05) is 6.54 Å². The molecule has 1 aliphatic rings. The molecule has 2 N–H and O–H groups in total. The van der Waals surface area contributed by atoms with E-state index in [4.69, 9.17) is 0 Å². The number of amides is 1. The minimum atomic E-state index is -0.395. The Morgan fingerprint density at radius 3 is 2.82 bits per heavy atom. The van der Waals surface area contributed by atoms with E-state index in [0.29, 0.717) is 12.2 Å². The number of hydrogen-bond donors (Lipinski definition) is 2. The number of nitrogens with zero attached hydrogens (tertiary/aromatic N) is 2. The zero-order valence-electron chi connectivity index (χ0n) is 10.4. The summed E-state index contributed by atoms with van der Waals surface area (Å²) in [6.07, 6.45) is 2.77. The Kier molecular flexibility index (Phi) is 3.19. The molecule has 0 aromatic carbocycles. The largest absolute Gasteiger partial charge is 0.394 e. The molecule has 5 nitrogen and oxygen atoms in total. The standard InChI is InChI=1S/C12H19N3O2/c1-3-15-10(7-9(2)14-15)11(17)13-12(8-16)5-4-6-12/h7,16H,3-6,8H2,1-2H3,(H,13,17). The van der Waals surface area contributed by atoms with Crippen LogP contribution in [-0.2, 0) is 6.54 Å². The van der Waals surface area contributed by atoms with Gasteiger partial charge in [0.25, 0.3) is 5.91 Å². The van der Waals surface area contributed by atoms with Gasteiger partial charge >= 0.3 is 0 Å². The van der Waals surface area contributed by atoms with Crippen molar-refractivity contribution in [2.45, 2.75) is 45.2 Å². The number of nitrogens with one attached hydrogen (secondary N) is 1. The van der Waals surface area contributed by atoms with Crippen LogP contribution in [0.25, 0.3) is 0 Å². The molecule has 0 spiro atoms. The second kappa shape index (κ2) is 4.49. The van der Waals surface area contributed by atoms with Crippen molar-refractivity contribution < 1.29 is 9.90 Å². The summed E-state index contributed by atoms with van der Waals surface area (Å²) in [5.41, 5.74) is 1.02. The number of rotatable bonds is 4. The maximum Gasteiger partial charge on any atom is 0.270 e. The Balaban J connectivity index is 2.14. The van der Waals surface area contributed by atoms with Gasteiger partial charge in [-0.15, -0.1) is 0 Å². The molecule has 0 radical (unpaired) electrons. The highest BCUT2D eigenvalue weighted by Crippen LogP contribution is 2.31. The van der Waals surface area contributed by atoms with E-state index in [2.05, 4.69) is 10.4 Å². The van der Waals surface area contributed by atoms with Crippen molar-refractivity contribution in [1.29, 1.82) is 0 Å². The van der Waals surface area contributed by atoms with Crippen LogP contribution in [0.1, 0.15) is 42.4 Å². The van der Waals surface area contributed by atoms with E-state index in [1.807, 2.05) is 13.8 Å². The van der Waals surface area contributed by atoms with E-state index < -0.39 is 5.54 Å². The van der Waals surface area contributed by atoms with Crippen LogP contribution in [0.4, 0.5) is 0 Å². The summed E-state index contributed by atoms with van der Waals surface area (Å²) >= 11 is 0. The van der Waals surface area contributed by atoms with E-state index >= 15 is 0 Å². The molecule has 2 rings (SSSR count). The summed E-state index contributed by atoms with van der Waals surface area (Å²) in [4.78, 5) is 12.1. The van der Waals surface area contributed by atoms with Crippen molar-refractivity contribution in [2.24, 2.45) is 0 Å². The van der Waals surface area contributed by atoms with Crippen molar-refractivity contribution in [3.8, 4) is 0 Å². The molecular formula is C12H19N3O2. The molecule has 0 aliphatic heterocycles. The number of carbonyl (C=O) groups excluding carboxylic acids is 1. The van der Waals surface area contributed by atoms with Gasteiger partial charge in [-0.1, -0.05) is 0 Å². The van der Waals surface area contributed by atoms with Gasteiger partial charge in [-0.3, -0.25) is 9.48 Å². The predicted octanol–water partition coefficient (Wildman–Crippen LogP) is 0.856. The third kappa shape index (κ3) is 2.20. The van der Waals surface area contributed by atoms with Crippen LogP contribution in [0.15, 0.2) is 6.07 Å². The Hall–Kier alpha value is -1.36. The van der Waals surface area contributed by atoms with Crippen molar-refractivity contribution in [3.05, 3.63) is 17.5 Å². The molecule has 17 heavy (non-hydrogen) atoms. The first-order chi connectivity index (χ1) is 8.10. The van der Waals surface area contributed by atoms with E-state index in [-0.39, 0.29) is 12.5 Å². The van der Waals surface area contributed by atoms with Crippen LogP contribution in [0.3, 0.4) is 0 Å². The third-order valence-electron chi connectivity index (χ3n) is 3.43. The Morgan fingerprint density at radius 1 is 1.65 bits per heavy atom. The van der Waals surface area contributed by atoms with Crippen LogP contribution in [0, 0.1) is 6.92 Å². The summed E-state index contributed by atoms with van der Waals surface area (Å²) in [5, 5.41) is 16.5. The highest BCUT2D eigenvalue weighted by molar-refractivity contribution is 5.93. The highest BCUT2D eigenvalue weighted by atomic mass is 16.3. The lowest BCUT2D eigenvalue weighted by atomic mass is 9.77. The van der Waals surface area contributed by atoms with Gasteiger partial charge in [-0.25, -0.2) is 0 Å². The van der Waals surface area contributed by atoms with Gasteiger partial charge in [-0.05, 0) is 39.2 Å². The Bertz CT molecular complexity index is 416. The highest BCUT2D eigenvalue weighted by Gasteiger charge is 2.38. The molecule has 94 valence electrons. The lowest BCUT2D eigenvalue weighted by Gasteiger charge is -2.40. The lowest BCUT2D eigenvalue weighted by Crippen LogP contribution is -2.56. The quantitative estimate of drug-likeness (QED) is 0.816. The number of aliphatic hydroxyl groups excluding tert-OH is 1. The predicted molar refractivity (Wildman–Crippen MR) is 63.8 cm³/mol. The number of aromatic nitrogens is 2. The van der Waals surface area contributed by atoms with Crippen LogP contribution >= 0.6 is 0 Å². The van der Waals surface area contributed by atoms with Gasteiger partial charge in [0.1, 0.15) is 5.69 Å². The summed E-state index contributed by atoms with van der Waals surface area (Å²) in [7, 11) is 0. The Labute approximate surface area is 101 Å². The zero-order chi connectivity index (χ0) is 12.5. The van der Waals surface area contributed by atoms with Gasteiger partial charge in [0.05, 0.1) is 17.8 Å².